The molecule has 0 aliphatic rings. The summed E-state index contributed by atoms with van der Waals surface area (Å²) in [5.74, 6) is 0. The standard InChI is InChI=1S/C15H9Cl2N/c16-14-7-6-12(15(17)9-14)8-13(10-18)11-4-2-1-3-5-11/h1-9H/b13-8-. The van der Waals surface area contributed by atoms with Crippen LogP contribution >= 0.6 is 23.2 Å². The maximum absolute atomic E-state index is 9.20. The van der Waals surface area contributed by atoms with Crippen molar-refractivity contribution in [3.05, 3.63) is 69.7 Å². The Kier molecular flexibility index (Phi) is 4.04. The lowest BCUT2D eigenvalue weighted by atomic mass is 10.0. The van der Waals surface area contributed by atoms with Gasteiger partial charge in [-0.1, -0.05) is 59.6 Å². The number of hydrogen-bond acceptors (Lipinski definition) is 1. The second-order valence-electron chi connectivity index (χ2n) is 3.70. The zero-order valence-corrected chi connectivity index (χ0v) is 10.9. The molecule has 0 aliphatic heterocycles. The molecule has 0 saturated carbocycles. The van der Waals surface area contributed by atoms with Crippen molar-refractivity contribution >= 4 is 34.9 Å². The molecule has 0 fully saturated rings. The first-order valence-electron chi connectivity index (χ1n) is 5.33. The Morgan fingerprint density at radius 1 is 1.06 bits per heavy atom. The molecule has 0 unspecified atom stereocenters. The van der Waals surface area contributed by atoms with Gasteiger partial charge >= 0.3 is 0 Å². The molecule has 0 spiro atoms. The van der Waals surface area contributed by atoms with Crippen molar-refractivity contribution in [1.82, 2.24) is 0 Å². The summed E-state index contributed by atoms with van der Waals surface area (Å²) in [4.78, 5) is 0. The summed E-state index contributed by atoms with van der Waals surface area (Å²) in [6.45, 7) is 0. The molecular weight excluding hydrogens is 265 g/mol. The SMILES string of the molecule is N#C/C(=C/c1ccc(Cl)cc1Cl)c1ccccc1. The summed E-state index contributed by atoms with van der Waals surface area (Å²) < 4.78 is 0. The molecule has 18 heavy (non-hydrogen) atoms. The smallest absolute Gasteiger partial charge is 0.0998 e. The van der Waals surface area contributed by atoms with Crippen LogP contribution in [0.2, 0.25) is 10.0 Å². The van der Waals surface area contributed by atoms with Crippen LogP contribution in [0.1, 0.15) is 11.1 Å². The number of nitriles is 1. The van der Waals surface area contributed by atoms with Crippen molar-refractivity contribution in [2.45, 2.75) is 0 Å². The summed E-state index contributed by atoms with van der Waals surface area (Å²) in [5.41, 5.74) is 2.22. The monoisotopic (exact) mass is 273 g/mol. The van der Waals surface area contributed by atoms with Gasteiger partial charge in [0.1, 0.15) is 0 Å². The van der Waals surface area contributed by atoms with E-state index in [1.165, 1.54) is 0 Å². The Morgan fingerprint density at radius 3 is 2.39 bits per heavy atom. The van der Waals surface area contributed by atoms with E-state index in [-0.39, 0.29) is 0 Å². The molecule has 2 rings (SSSR count). The highest BCUT2D eigenvalue weighted by molar-refractivity contribution is 6.35. The minimum absolute atomic E-state index is 0.534. The van der Waals surface area contributed by atoms with Crippen LogP contribution < -0.4 is 0 Å². The number of halogens is 2. The van der Waals surface area contributed by atoms with Crippen molar-refractivity contribution in [2.75, 3.05) is 0 Å². The fourth-order valence-corrected chi connectivity index (χ4v) is 2.03. The van der Waals surface area contributed by atoms with E-state index in [1.54, 1.807) is 24.3 Å². The van der Waals surface area contributed by atoms with Crippen molar-refractivity contribution < 1.29 is 0 Å². The van der Waals surface area contributed by atoms with E-state index in [1.807, 2.05) is 30.3 Å². The quantitative estimate of drug-likeness (QED) is 0.554. The van der Waals surface area contributed by atoms with Gasteiger partial charge in [-0.3, -0.25) is 0 Å². The van der Waals surface area contributed by atoms with E-state index in [0.29, 0.717) is 15.6 Å². The van der Waals surface area contributed by atoms with Crippen LogP contribution in [0.5, 0.6) is 0 Å². The van der Waals surface area contributed by atoms with Crippen molar-refractivity contribution in [2.24, 2.45) is 0 Å². The summed E-state index contributed by atoms with van der Waals surface area (Å²) >= 11 is 11.9. The third-order valence-corrected chi connectivity index (χ3v) is 3.03. The number of allylic oxidation sites excluding steroid dienone is 1. The average Bonchev–Trinajstić information content (AvgIpc) is 2.39. The predicted molar refractivity (Wildman–Crippen MR) is 76.4 cm³/mol. The lowest BCUT2D eigenvalue weighted by molar-refractivity contribution is 1.52. The molecule has 0 saturated heterocycles. The summed E-state index contributed by atoms with van der Waals surface area (Å²) in [7, 11) is 0. The zero-order valence-electron chi connectivity index (χ0n) is 9.40. The van der Waals surface area contributed by atoms with E-state index < -0.39 is 0 Å². The number of rotatable bonds is 2. The van der Waals surface area contributed by atoms with Gasteiger partial charge in [0.2, 0.25) is 0 Å². The largest absolute Gasteiger partial charge is 0.192 e. The molecule has 0 N–H and O–H groups in total. The predicted octanol–water partition coefficient (Wildman–Crippen LogP) is 5.06. The Labute approximate surface area is 116 Å². The van der Waals surface area contributed by atoms with Crippen LogP contribution in [0.25, 0.3) is 11.6 Å². The summed E-state index contributed by atoms with van der Waals surface area (Å²) in [6.07, 6.45) is 1.76. The molecule has 0 aliphatic carbocycles. The van der Waals surface area contributed by atoms with Gasteiger partial charge in [0.15, 0.2) is 0 Å². The van der Waals surface area contributed by atoms with Gasteiger partial charge in [0.25, 0.3) is 0 Å². The van der Waals surface area contributed by atoms with E-state index in [4.69, 9.17) is 23.2 Å². The lowest BCUT2D eigenvalue weighted by Gasteiger charge is -2.02. The maximum Gasteiger partial charge on any atom is 0.0998 e. The average molecular weight is 274 g/mol. The van der Waals surface area contributed by atoms with Crippen molar-refractivity contribution in [1.29, 1.82) is 5.26 Å². The van der Waals surface area contributed by atoms with Crippen molar-refractivity contribution in [3.63, 3.8) is 0 Å². The van der Waals surface area contributed by atoms with E-state index in [2.05, 4.69) is 6.07 Å². The topological polar surface area (TPSA) is 23.8 Å². The van der Waals surface area contributed by atoms with Gasteiger partial charge in [-0.2, -0.15) is 5.26 Å². The van der Waals surface area contributed by atoms with Gasteiger partial charge in [-0.25, -0.2) is 0 Å². The van der Waals surface area contributed by atoms with Gasteiger partial charge in [0, 0.05) is 10.0 Å². The van der Waals surface area contributed by atoms with Gasteiger partial charge in [0.05, 0.1) is 11.6 Å². The molecule has 0 radical (unpaired) electrons. The Balaban J connectivity index is 2.45. The molecule has 0 bridgehead atoms. The van der Waals surface area contributed by atoms with Crippen LogP contribution in [0, 0.1) is 11.3 Å². The highest BCUT2D eigenvalue weighted by atomic mass is 35.5. The first-order chi connectivity index (χ1) is 8.70. The third-order valence-electron chi connectivity index (χ3n) is 2.47. The maximum atomic E-state index is 9.20. The van der Waals surface area contributed by atoms with Gasteiger partial charge in [-0.15, -0.1) is 0 Å². The number of benzene rings is 2. The number of nitrogens with zero attached hydrogens (tertiary/aromatic N) is 1. The summed E-state index contributed by atoms with van der Waals surface area (Å²) in [6, 6.07) is 16.9. The second kappa shape index (κ2) is 5.73. The molecular formula is C15H9Cl2N. The van der Waals surface area contributed by atoms with Crippen LogP contribution in [0.3, 0.4) is 0 Å². The number of hydrogen-bond donors (Lipinski definition) is 0. The van der Waals surface area contributed by atoms with Crippen LogP contribution in [0.15, 0.2) is 48.5 Å². The molecule has 0 aromatic heterocycles. The molecule has 0 heterocycles. The Bertz CT molecular complexity index is 625. The van der Waals surface area contributed by atoms with E-state index in [0.717, 1.165) is 11.1 Å². The molecule has 2 aromatic rings. The molecule has 0 atom stereocenters. The fraction of sp³-hybridized carbons (Fsp3) is 0. The van der Waals surface area contributed by atoms with E-state index >= 15 is 0 Å². The molecule has 3 heteroatoms. The highest BCUT2D eigenvalue weighted by Gasteiger charge is 2.03. The second-order valence-corrected chi connectivity index (χ2v) is 4.55. The molecule has 1 nitrogen and oxygen atoms in total. The van der Waals surface area contributed by atoms with Crippen LogP contribution in [-0.2, 0) is 0 Å². The summed E-state index contributed by atoms with van der Waals surface area (Å²) in [5, 5.41) is 10.3. The minimum atomic E-state index is 0.534. The molecule has 0 amide bonds. The normalized spacial score (nSPS) is 11.1. The third kappa shape index (κ3) is 2.92. The van der Waals surface area contributed by atoms with Crippen LogP contribution in [-0.4, -0.2) is 0 Å². The van der Waals surface area contributed by atoms with Gasteiger partial charge < -0.3 is 0 Å². The first-order valence-corrected chi connectivity index (χ1v) is 6.08. The molecule has 88 valence electrons. The first kappa shape index (κ1) is 12.7. The lowest BCUT2D eigenvalue weighted by Crippen LogP contribution is -1.82. The van der Waals surface area contributed by atoms with Crippen LogP contribution in [0.4, 0.5) is 0 Å². The minimum Gasteiger partial charge on any atom is -0.192 e. The van der Waals surface area contributed by atoms with Crippen molar-refractivity contribution in [3.8, 4) is 6.07 Å². The van der Waals surface area contributed by atoms with Gasteiger partial charge in [-0.05, 0) is 29.3 Å². The van der Waals surface area contributed by atoms with E-state index in [9.17, 15) is 5.26 Å². The Hall–Kier alpha value is -1.75. The molecule has 2 aromatic carbocycles. The zero-order chi connectivity index (χ0) is 13.0. The highest BCUT2D eigenvalue weighted by Crippen LogP contribution is 2.25. The Morgan fingerprint density at radius 2 is 1.78 bits per heavy atom. The fourth-order valence-electron chi connectivity index (χ4n) is 1.57.